The van der Waals surface area contributed by atoms with Crippen molar-refractivity contribution in [3.05, 3.63) is 13.1 Å². The Morgan fingerprint density at radius 3 is 0.833 bits per heavy atom. The van der Waals surface area contributed by atoms with Gasteiger partial charge in [-0.3, -0.25) is 0 Å². The topological polar surface area (TPSA) is 47.6 Å². The molecule has 36 valence electrons. The third kappa shape index (κ3) is 1590. The molecule has 0 aliphatic heterocycles. The summed E-state index contributed by atoms with van der Waals surface area (Å²) in [5.74, 6) is 0. The van der Waals surface area contributed by atoms with Crippen LogP contribution in [0.4, 0.5) is 0 Å². The number of hydrogen-bond donors (Lipinski definition) is 0. The average molecular weight is 214 g/mol. The summed E-state index contributed by atoms with van der Waals surface area (Å²) in [4.78, 5) is 0. The molecule has 0 heterocycles. The Balaban J connectivity index is -0.00000000500. The molecule has 0 aliphatic carbocycles. The van der Waals surface area contributed by atoms with Crippen LogP contribution in [0.3, 0.4) is 0 Å². The van der Waals surface area contributed by atoms with Crippen molar-refractivity contribution >= 4 is 0 Å². The van der Waals surface area contributed by atoms with Crippen molar-refractivity contribution < 1.29 is 37.5 Å². The van der Waals surface area contributed by atoms with Crippen LogP contribution in [0, 0.1) is 23.7 Å². The molecule has 0 radical (unpaired) electrons. The van der Waals surface area contributed by atoms with E-state index in [1.807, 2.05) is 0 Å². The predicted molar refractivity (Wildman–Crippen MR) is 9.94 cm³/mol. The van der Waals surface area contributed by atoms with Gasteiger partial charge in [0.05, 0.1) is 0 Å². The minimum Gasteiger partial charge on any atom is -0.512 e. The van der Waals surface area contributed by atoms with Gasteiger partial charge in [0.1, 0.15) is 0 Å². The first-order valence-corrected chi connectivity index (χ1v) is 0.447. The number of rotatable bonds is 0. The van der Waals surface area contributed by atoms with Crippen LogP contribution in [0.1, 0.15) is 0 Å². The van der Waals surface area contributed by atoms with E-state index in [4.69, 9.17) is 23.7 Å². The molecule has 4 heteroatoms. The zero-order valence-corrected chi connectivity index (χ0v) is 5.22. The first kappa shape index (κ1) is 35.1. The predicted octanol–water partition coefficient (Wildman–Crippen LogP) is 0.188. The van der Waals surface area contributed by atoms with Crippen molar-refractivity contribution in [3.8, 4) is 0 Å². The quantitative estimate of drug-likeness (QED) is 0.427. The van der Waals surface area contributed by atoms with E-state index in [1.54, 1.807) is 0 Å². The van der Waals surface area contributed by atoms with Gasteiger partial charge in [0.25, 0.3) is 0 Å². The van der Waals surface area contributed by atoms with Gasteiger partial charge >= 0.3 is 17.1 Å². The molecule has 6 heavy (non-hydrogen) atoms. The maximum absolute atomic E-state index is 6.25. The third-order valence-corrected chi connectivity index (χ3v) is 0. The molecule has 0 aliphatic rings. The van der Waals surface area contributed by atoms with E-state index in [0.717, 1.165) is 0 Å². The summed E-state index contributed by atoms with van der Waals surface area (Å²) < 4.78 is 0. The van der Waals surface area contributed by atoms with Crippen LogP contribution in [0.5, 0.6) is 0 Å². The first-order chi connectivity index (χ1) is 2.00. The summed E-state index contributed by atoms with van der Waals surface area (Å²) in [6, 6.07) is 0. The summed E-state index contributed by atoms with van der Waals surface area (Å²) in [6.45, 7) is 9.50. The molecule has 0 bridgehead atoms. The molecule has 0 aromatic rings. The Hall–Kier alpha value is 0.162. The second-order valence-corrected chi connectivity index (χ2v) is 0. The summed E-state index contributed by atoms with van der Waals surface area (Å²) in [6.07, 6.45) is 0. The van der Waals surface area contributed by atoms with Gasteiger partial charge in [0, 0.05) is 20.4 Å². The van der Waals surface area contributed by atoms with Crippen molar-refractivity contribution in [1.82, 2.24) is 0 Å². The number of nitrogens with zero attached hydrogens (tertiary/aromatic N) is 2. The molecule has 0 saturated carbocycles. The smallest absolute Gasteiger partial charge is 0.512 e. The zero-order valence-electron chi connectivity index (χ0n) is 2.56. The average Bonchev–Trinajstić information content (AvgIpc) is 1.50. The molecule has 0 atom stereocenters. The Morgan fingerprint density at radius 2 is 0.833 bits per heavy atom. The van der Waals surface area contributed by atoms with E-state index >= 15 is 0 Å². The maximum Gasteiger partial charge on any atom is 2.00 e. The van der Waals surface area contributed by atoms with Crippen molar-refractivity contribution in [2.75, 3.05) is 0 Å². The summed E-state index contributed by atoms with van der Waals surface area (Å²) >= 11 is 0. The van der Waals surface area contributed by atoms with Gasteiger partial charge in [-0.1, -0.05) is 0 Å². The number of hydrogen-bond acceptors (Lipinski definition) is 2. The second-order valence-electron chi connectivity index (χ2n) is 0. The maximum atomic E-state index is 6.25. The Morgan fingerprint density at radius 1 is 0.833 bits per heavy atom. The van der Waals surface area contributed by atoms with Gasteiger partial charge in [-0.15, -0.1) is 0 Å². The van der Waals surface area contributed by atoms with Crippen LogP contribution < -0.4 is 0 Å². The SMILES string of the molecule is [C-]#N.[C-]#N.[Fe+2].[Pd]. The van der Waals surface area contributed by atoms with Crippen LogP contribution in [-0.4, -0.2) is 0 Å². The van der Waals surface area contributed by atoms with Crippen LogP contribution in [0.15, 0.2) is 0 Å². The Labute approximate surface area is 61.3 Å². The molecule has 0 N–H and O–H groups in total. The molecule has 0 aromatic carbocycles. The fourth-order valence-corrected chi connectivity index (χ4v) is 0. The molecule has 0 unspecified atom stereocenters. The molecular weight excluding hydrogens is 214 g/mol. The van der Waals surface area contributed by atoms with E-state index < -0.39 is 0 Å². The molecule has 2 nitrogen and oxygen atoms in total. The van der Waals surface area contributed by atoms with E-state index in [0.29, 0.717) is 0 Å². The second kappa shape index (κ2) is 3410. The van der Waals surface area contributed by atoms with E-state index in [-0.39, 0.29) is 37.5 Å². The van der Waals surface area contributed by atoms with Crippen LogP contribution in [0.2, 0.25) is 0 Å². The minimum atomic E-state index is 0. The molecule has 0 rings (SSSR count). The monoisotopic (exact) mass is 214 g/mol. The molecule has 0 saturated heterocycles. The van der Waals surface area contributed by atoms with E-state index in [1.165, 1.54) is 0 Å². The van der Waals surface area contributed by atoms with Gasteiger partial charge in [-0.05, 0) is 0 Å². The Bertz CT molecular complexity index is 27.0. The van der Waals surface area contributed by atoms with Crippen LogP contribution in [-0.2, 0) is 37.5 Å². The molecular formula is C2FeN2Pd. The van der Waals surface area contributed by atoms with Gasteiger partial charge in [-0.2, -0.15) is 0 Å². The fourth-order valence-electron chi connectivity index (χ4n) is 0. The fraction of sp³-hybridized carbons (Fsp3) is 0. The largest absolute Gasteiger partial charge is 2.00 e. The zero-order chi connectivity index (χ0) is 4.00. The summed E-state index contributed by atoms with van der Waals surface area (Å²) in [7, 11) is 0. The normalized spacial score (nSPS) is 0.667. The van der Waals surface area contributed by atoms with Crippen LogP contribution >= 0.6 is 0 Å². The molecule has 0 amide bonds. The first-order valence-electron chi connectivity index (χ1n) is 0.447. The van der Waals surface area contributed by atoms with E-state index in [9.17, 15) is 0 Å². The standard InChI is InChI=1S/2CN.Fe.Pd/c2*1-2;;/q2*-1;+2;. The van der Waals surface area contributed by atoms with Gasteiger partial charge < -0.3 is 23.7 Å². The molecule has 0 spiro atoms. The van der Waals surface area contributed by atoms with Gasteiger partial charge in [0.2, 0.25) is 0 Å². The van der Waals surface area contributed by atoms with E-state index in [2.05, 4.69) is 0 Å². The van der Waals surface area contributed by atoms with Gasteiger partial charge in [-0.25, -0.2) is 0 Å². The minimum absolute atomic E-state index is 0. The van der Waals surface area contributed by atoms with Crippen molar-refractivity contribution in [2.45, 2.75) is 0 Å². The van der Waals surface area contributed by atoms with Gasteiger partial charge in [0.15, 0.2) is 0 Å². The van der Waals surface area contributed by atoms with Crippen molar-refractivity contribution in [3.63, 3.8) is 0 Å². The summed E-state index contributed by atoms with van der Waals surface area (Å²) in [5, 5.41) is 12.5. The molecule has 0 aromatic heterocycles. The van der Waals surface area contributed by atoms with Crippen molar-refractivity contribution in [2.24, 2.45) is 0 Å². The molecule has 0 fully saturated rings. The van der Waals surface area contributed by atoms with Crippen LogP contribution in [0.25, 0.3) is 0 Å². The Kier molecular flexibility index (Phi) is 20000. The third-order valence-electron chi connectivity index (χ3n) is 0. The van der Waals surface area contributed by atoms with Crippen molar-refractivity contribution in [1.29, 1.82) is 10.5 Å². The summed E-state index contributed by atoms with van der Waals surface area (Å²) in [5.41, 5.74) is 0.